The van der Waals surface area contributed by atoms with Gasteiger partial charge >= 0.3 is 0 Å². The maximum absolute atomic E-state index is 10.5. The summed E-state index contributed by atoms with van der Waals surface area (Å²) < 4.78 is 0. The molecule has 1 unspecified atom stereocenters. The number of nitro benzene ring substituents is 1. The molecule has 0 bridgehead atoms. The average molecular weight is 262 g/mol. The summed E-state index contributed by atoms with van der Waals surface area (Å²) in [5, 5.41) is 22.8. The van der Waals surface area contributed by atoms with Gasteiger partial charge in [0.1, 0.15) is 6.04 Å². The van der Waals surface area contributed by atoms with Gasteiger partial charge in [-0.05, 0) is 51.3 Å². The quantitative estimate of drug-likeness (QED) is 0.459. The molecule has 102 valence electrons. The van der Waals surface area contributed by atoms with Crippen molar-refractivity contribution in [3.05, 3.63) is 39.9 Å². The zero-order valence-corrected chi connectivity index (χ0v) is 11.2. The smallest absolute Gasteiger partial charge is 0.269 e. The molecule has 6 heteroatoms. The Hall–Kier alpha value is -1.97. The van der Waals surface area contributed by atoms with E-state index in [1.165, 1.54) is 12.1 Å². The van der Waals surface area contributed by atoms with Crippen LogP contribution in [0.25, 0.3) is 0 Å². The van der Waals surface area contributed by atoms with E-state index in [2.05, 4.69) is 16.3 Å². The monoisotopic (exact) mass is 262 g/mol. The van der Waals surface area contributed by atoms with Crippen LogP contribution in [0.2, 0.25) is 0 Å². The molecule has 0 aliphatic heterocycles. The predicted molar refractivity (Wildman–Crippen MR) is 72.6 cm³/mol. The molecule has 1 rings (SSSR count). The van der Waals surface area contributed by atoms with Crippen LogP contribution in [0.5, 0.6) is 0 Å². The third-order valence-electron chi connectivity index (χ3n) is 2.70. The number of non-ortho nitro benzene ring substituents is 1. The van der Waals surface area contributed by atoms with Gasteiger partial charge in [0.05, 0.1) is 11.0 Å². The summed E-state index contributed by atoms with van der Waals surface area (Å²) in [6.07, 6.45) is 0.943. The fourth-order valence-corrected chi connectivity index (χ4v) is 1.67. The van der Waals surface area contributed by atoms with E-state index >= 15 is 0 Å². The molecule has 1 aromatic carbocycles. The number of nitrogens with zero attached hydrogens (tertiary/aromatic N) is 3. The Balaban J connectivity index is 2.55. The van der Waals surface area contributed by atoms with Gasteiger partial charge in [-0.1, -0.05) is 0 Å². The van der Waals surface area contributed by atoms with Crippen molar-refractivity contribution in [2.75, 3.05) is 27.2 Å². The average Bonchev–Trinajstić information content (AvgIpc) is 2.39. The Labute approximate surface area is 112 Å². The second-order valence-electron chi connectivity index (χ2n) is 4.52. The van der Waals surface area contributed by atoms with Crippen LogP contribution in [0.3, 0.4) is 0 Å². The van der Waals surface area contributed by atoms with Crippen molar-refractivity contribution in [1.82, 2.24) is 10.2 Å². The number of hydrogen-bond donors (Lipinski definition) is 1. The van der Waals surface area contributed by atoms with Gasteiger partial charge in [0.25, 0.3) is 5.69 Å². The lowest BCUT2D eigenvalue weighted by Crippen LogP contribution is -2.24. The van der Waals surface area contributed by atoms with E-state index in [9.17, 15) is 10.1 Å². The van der Waals surface area contributed by atoms with Crippen LogP contribution in [0.4, 0.5) is 5.69 Å². The maximum Gasteiger partial charge on any atom is 0.269 e. The van der Waals surface area contributed by atoms with Crippen LogP contribution in [0.1, 0.15) is 18.0 Å². The molecule has 0 aliphatic carbocycles. The molecule has 0 fully saturated rings. The number of nitriles is 1. The number of nitrogens with one attached hydrogen (secondary N) is 1. The molecule has 0 saturated carbocycles. The van der Waals surface area contributed by atoms with Crippen molar-refractivity contribution in [3.8, 4) is 6.07 Å². The predicted octanol–water partition coefficient (Wildman–Crippen LogP) is 1.70. The van der Waals surface area contributed by atoms with Crippen molar-refractivity contribution in [2.24, 2.45) is 0 Å². The summed E-state index contributed by atoms with van der Waals surface area (Å²) in [6.45, 7) is 1.68. The van der Waals surface area contributed by atoms with Gasteiger partial charge in [-0.25, -0.2) is 0 Å². The minimum atomic E-state index is -0.449. The summed E-state index contributed by atoms with van der Waals surface area (Å²) in [6, 6.07) is 7.80. The first kappa shape index (κ1) is 15.1. The minimum Gasteiger partial charge on any atom is -0.309 e. The number of hydrogen-bond acceptors (Lipinski definition) is 5. The third kappa shape index (κ3) is 5.04. The second kappa shape index (κ2) is 7.46. The molecule has 1 atom stereocenters. The molecule has 0 amide bonds. The van der Waals surface area contributed by atoms with Gasteiger partial charge in [0, 0.05) is 12.1 Å². The fraction of sp³-hybridized carbons (Fsp3) is 0.462. The molecule has 0 spiro atoms. The van der Waals surface area contributed by atoms with Crippen molar-refractivity contribution >= 4 is 5.69 Å². The lowest BCUT2D eigenvalue weighted by molar-refractivity contribution is -0.384. The highest BCUT2D eigenvalue weighted by atomic mass is 16.6. The number of benzene rings is 1. The summed E-state index contributed by atoms with van der Waals surface area (Å²) in [5.41, 5.74) is 0.783. The third-order valence-corrected chi connectivity index (χ3v) is 2.70. The van der Waals surface area contributed by atoms with Crippen molar-refractivity contribution < 1.29 is 4.92 Å². The largest absolute Gasteiger partial charge is 0.309 e. The van der Waals surface area contributed by atoms with Gasteiger partial charge in [0.2, 0.25) is 0 Å². The molecule has 6 nitrogen and oxygen atoms in total. The lowest BCUT2D eigenvalue weighted by Gasteiger charge is -2.13. The molecule has 0 aliphatic rings. The Bertz CT molecular complexity index is 451. The molecule has 1 aromatic rings. The molecule has 0 saturated heterocycles. The standard InChI is InChI=1S/C13H18N4O2/c1-16(2)9-3-8-15-13(10-14)11-4-6-12(7-5-11)17(18)19/h4-7,13,15H,3,8-9H2,1-2H3. The Morgan fingerprint density at radius 1 is 1.42 bits per heavy atom. The Morgan fingerprint density at radius 3 is 2.53 bits per heavy atom. The number of nitro groups is 1. The topological polar surface area (TPSA) is 82.2 Å². The summed E-state index contributed by atoms with van der Waals surface area (Å²) >= 11 is 0. The highest BCUT2D eigenvalue weighted by Gasteiger charge is 2.11. The van der Waals surface area contributed by atoms with E-state index in [1.54, 1.807) is 12.1 Å². The van der Waals surface area contributed by atoms with Crippen LogP contribution in [0, 0.1) is 21.4 Å². The second-order valence-corrected chi connectivity index (χ2v) is 4.52. The highest BCUT2D eigenvalue weighted by Crippen LogP contribution is 2.17. The first-order valence-electron chi connectivity index (χ1n) is 6.06. The summed E-state index contributed by atoms with van der Waals surface area (Å²) in [5.74, 6) is 0. The van der Waals surface area contributed by atoms with Crippen LogP contribution >= 0.6 is 0 Å². The molecule has 0 radical (unpaired) electrons. The van der Waals surface area contributed by atoms with E-state index in [0.717, 1.165) is 25.1 Å². The SMILES string of the molecule is CN(C)CCCNC(C#N)c1ccc([N+](=O)[O-])cc1. The first-order chi connectivity index (χ1) is 9.04. The van der Waals surface area contributed by atoms with Gasteiger partial charge in [0.15, 0.2) is 0 Å². The maximum atomic E-state index is 10.5. The first-order valence-corrected chi connectivity index (χ1v) is 6.06. The van der Waals surface area contributed by atoms with Crippen molar-refractivity contribution in [3.63, 3.8) is 0 Å². The molecule has 0 aromatic heterocycles. The van der Waals surface area contributed by atoms with E-state index in [0.29, 0.717) is 0 Å². The van der Waals surface area contributed by atoms with Gasteiger partial charge in [-0.3, -0.25) is 15.4 Å². The molecule has 0 heterocycles. The molecular formula is C13H18N4O2. The Morgan fingerprint density at radius 2 is 2.05 bits per heavy atom. The van der Waals surface area contributed by atoms with Crippen LogP contribution < -0.4 is 5.32 Å². The zero-order chi connectivity index (χ0) is 14.3. The molecular weight excluding hydrogens is 244 g/mol. The summed E-state index contributed by atoms with van der Waals surface area (Å²) in [4.78, 5) is 12.2. The van der Waals surface area contributed by atoms with Crippen LogP contribution in [0.15, 0.2) is 24.3 Å². The zero-order valence-electron chi connectivity index (χ0n) is 11.2. The number of rotatable bonds is 7. The van der Waals surface area contributed by atoms with Gasteiger partial charge in [-0.15, -0.1) is 0 Å². The lowest BCUT2D eigenvalue weighted by atomic mass is 10.1. The van der Waals surface area contributed by atoms with Crippen LogP contribution in [-0.4, -0.2) is 37.0 Å². The van der Waals surface area contributed by atoms with E-state index in [4.69, 9.17) is 5.26 Å². The fourth-order valence-electron chi connectivity index (χ4n) is 1.67. The molecule has 19 heavy (non-hydrogen) atoms. The van der Waals surface area contributed by atoms with Crippen LogP contribution in [-0.2, 0) is 0 Å². The van der Waals surface area contributed by atoms with Gasteiger partial charge < -0.3 is 4.90 Å². The van der Waals surface area contributed by atoms with E-state index < -0.39 is 11.0 Å². The highest BCUT2D eigenvalue weighted by molar-refractivity contribution is 5.35. The summed E-state index contributed by atoms with van der Waals surface area (Å²) in [7, 11) is 4.00. The van der Waals surface area contributed by atoms with Crippen molar-refractivity contribution in [1.29, 1.82) is 5.26 Å². The minimum absolute atomic E-state index is 0.0352. The van der Waals surface area contributed by atoms with E-state index in [1.807, 2.05) is 14.1 Å². The molecule has 1 N–H and O–H groups in total. The normalized spacial score (nSPS) is 12.1. The van der Waals surface area contributed by atoms with E-state index in [-0.39, 0.29) is 5.69 Å². The van der Waals surface area contributed by atoms with Gasteiger partial charge in [-0.2, -0.15) is 5.26 Å². The van der Waals surface area contributed by atoms with Crippen molar-refractivity contribution in [2.45, 2.75) is 12.5 Å². The Kier molecular flexibility index (Phi) is 5.93.